The van der Waals surface area contributed by atoms with Crippen LogP contribution in [0.2, 0.25) is 0 Å². The second-order valence-corrected chi connectivity index (χ2v) is 5.56. The molecule has 0 aliphatic carbocycles. The minimum Gasteiger partial charge on any atom is -0.299 e. The molecule has 2 saturated heterocycles. The second kappa shape index (κ2) is 7.43. The van der Waals surface area contributed by atoms with E-state index < -0.39 is 0 Å². The highest BCUT2D eigenvalue weighted by molar-refractivity contribution is 4.81. The zero-order chi connectivity index (χ0) is 12.8. The third kappa shape index (κ3) is 3.92. The summed E-state index contributed by atoms with van der Waals surface area (Å²) in [5.74, 6) is 0. The Morgan fingerprint density at radius 2 is 2.00 bits per heavy atom. The highest BCUT2D eigenvalue weighted by Crippen LogP contribution is 2.13. The summed E-state index contributed by atoms with van der Waals surface area (Å²) in [5.41, 5.74) is 0. The normalized spacial score (nSPS) is 28.7. The van der Waals surface area contributed by atoms with Gasteiger partial charge in [-0.05, 0) is 25.9 Å². The van der Waals surface area contributed by atoms with Crippen molar-refractivity contribution in [3.63, 3.8) is 0 Å². The van der Waals surface area contributed by atoms with Gasteiger partial charge in [0.1, 0.15) is 0 Å². The molecule has 0 spiro atoms. The predicted octanol–water partition coefficient (Wildman–Crippen LogP) is 1.02. The molecule has 0 amide bonds. The van der Waals surface area contributed by atoms with E-state index in [-0.39, 0.29) is 0 Å². The van der Waals surface area contributed by atoms with E-state index in [2.05, 4.69) is 28.5 Å². The van der Waals surface area contributed by atoms with Crippen LogP contribution < -0.4 is 5.32 Å². The van der Waals surface area contributed by atoms with Gasteiger partial charge < -0.3 is 0 Å². The Bertz CT molecular complexity index is 234. The van der Waals surface area contributed by atoms with Crippen LogP contribution in [0.4, 0.5) is 0 Å². The van der Waals surface area contributed by atoms with Gasteiger partial charge in [0.05, 0.1) is 12.8 Å². The summed E-state index contributed by atoms with van der Waals surface area (Å²) in [7, 11) is 0. The lowest BCUT2D eigenvalue weighted by molar-refractivity contribution is 0.00876. The number of rotatable bonds is 5. The fourth-order valence-electron chi connectivity index (χ4n) is 2.95. The third-order valence-corrected chi connectivity index (χ3v) is 4.18. The van der Waals surface area contributed by atoms with Crippen molar-refractivity contribution in [3.05, 3.63) is 0 Å². The Hall–Kier alpha value is -0.160. The van der Waals surface area contributed by atoms with Crippen LogP contribution >= 0.6 is 0 Å². The summed E-state index contributed by atoms with van der Waals surface area (Å²) in [4.78, 5) is 7.72. The first-order valence-electron chi connectivity index (χ1n) is 7.68. The average molecular weight is 253 g/mol. The van der Waals surface area contributed by atoms with Crippen LogP contribution in [0.25, 0.3) is 0 Å². The van der Waals surface area contributed by atoms with Crippen molar-refractivity contribution in [1.82, 2.24) is 20.0 Å². The van der Waals surface area contributed by atoms with Gasteiger partial charge in [0.2, 0.25) is 0 Å². The van der Waals surface area contributed by atoms with Crippen molar-refractivity contribution in [2.75, 3.05) is 52.5 Å². The Labute approximate surface area is 112 Å². The predicted molar refractivity (Wildman–Crippen MR) is 75.6 cm³/mol. The lowest BCUT2D eigenvalue weighted by atomic mass is 10.2. The van der Waals surface area contributed by atoms with E-state index in [4.69, 9.17) is 5.32 Å². The summed E-state index contributed by atoms with van der Waals surface area (Å²) < 4.78 is 0. The molecule has 2 fully saturated rings. The summed E-state index contributed by atoms with van der Waals surface area (Å²) >= 11 is 0. The smallest absolute Gasteiger partial charge is 0.0900 e. The molecule has 0 bridgehead atoms. The van der Waals surface area contributed by atoms with E-state index in [0.717, 1.165) is 26.3 Å². The molecule has 105 valence electrons. The van der Waals surface area contributed by atoms with Gasteiger partial charge in [-0.15, -0.1) is 0 Å². The SMILES string of the molecule is CCCCN1CCCN(C2CN(CC)CC[N]2)C1. The van der Waals surface area contributed by atoms with E-state index >= 15 is 0 Å². The first kappa shape index (κ1) is 14.3. The van der Waals surface area contributed by atoms with E-state index in [1.165, 1.54) is 45.4 Å². The summed E-state index contributed by atoms with van der Waals surface area (Å²) in [6.45, 7) is 13.9. The fraction of sp³-hybridized carbons (Fsp3) is 1.00. The molecule has 2 aliphatic rings. The van der Waals surface area contributed by atoms with Crippen LogP contribution in [0.1, 0.15) is 33.1 Å². The van der Waals surface area contributed by atoms with Crippen LogP contribution in [0.3, 0.4) is 0 Å². The first-order chi connectivity index (χ1) is 8.83. The van der Waals surface area contributed by atoms with Crippen molar-refractivity contribution < 1.29 is 0 Å². The Balaban J connectivity index is 1.80. The quantitative estimate of drug-likeness (QED) is 0.731. The van der Waals surface area contributed by atoms with Gasteiger partial charge in [-0.25, -0.2) is 5.32 Å². The van der Waals surface area contributed by atoms with Crippen LogP contribution in [-0.2, 0) is 0 Å². The number of likely N-dealkylation sites (N-methyl/N-ethyl adjacent to an activating group) is 1. The number of unbranched alkanes of at least 4 members (excludes halogenated alkanes) is 1. The summed E-state index contributed by atoms with van der Waals surface area (Å²) in [6, 6.07) is 0. The minimum absolute atomic E-state index is 0.447. The Kier molecular flexibility index (Phi) is 5.89. The molecular weight excluding hydrogens is 224 g/mol. The molecule has 2 heterocycles. The minimum atomic E-state index is 0.447. The van der Waals surface area contributed by atoms with E-state index in [1.807, 2.05) is 0 Å². The summed E-state index contributed by atoms with van der Waals surface area (Å²) in [6.07, 6.45) is 4.38. The van der Waals surface area contributed by atoms with Crippen molar-refractivity contribution in [3.8, 4) is 0 Å². The molecule has 2 rings (SSSR count). The molecule has 1 unspecified atom stereocenters. The van der Waals surface area contributed by atoms with Crippen LogP contribution in [0, 0.1) is 0 Å². The molecule has 1 radical (unpaired) electrons. The van der Waals surface area contributed by atoms with E-state index in [1.54, 1.807) is 0 Å². The monoisotopic (exact) mass is 253 g/mol. The van der Waals surface area contributed by atoms with Crippen molar-refractivity contribution in [1.29, 1.82) is 0 Å². The number of hydrogen-bond acceptors (Lipinski definition) is 3. The van der Waals surface area contributed by atoms with Gasteiger partial charge in [0.15, 0.2) is 0 Å². The molecule has 2 aliphatic heterocycles. The second-order valence-electron chi connectivity index (χ2n) is 5.56. The molecule has 0 aromatic heterocycles. The van der Waals surface area contributed by atoms with Gasteiger partial charge in [-0.3, -0.25) is 14.7 Å². The molecule has 4 nitrogen and oxygen atoms in total. The summed E-state index contributed by atoms with van der Waals surface area (Å²) in [5, 5.41) is 4.82. The molecule has 0 N–H and O–H groups in total. The van der Waals surface area contributed by atoms with Crippen LogP contribution in [0.5, 0.6) is 0 Å². The Morgan fingerprint density at radius 3 is 2.78 bits per heavy atom. The third-order valence-electron chi connectivity index (χ3n) is 4.18. The van der Waals surface area contributed by atoms with Crippen molar-refractivity contribution in [2.24, 2.45) is 0 Å². The van der Waals surface area contributed by atoms with Crippen LogP contribution in [-0.4, -0.2) is 73.3 Å². The maximum atomic E-state index is 4.82. The molecule has 0 aromatic carbocycles. The molecule has 18 heavy (non-hydrogen) atoms. The molecule has 1 atom stereocenters. The zero-order valence-electron chi connectivity index (χ0n) is 12.1. The number of nitrogens with zero attached hydrogens (tertiary/aromatic N) is 4. The van der Waals surface area contributed by atoms with E-state index in [0.29, 0.717) is 6.17 Å². The topological polar surface area (TPSA) is 23.8 Å². The highest BCUT2D eigenvalue weighted by atomic mass is 15.4. The van der Waals surface area contributed by atoms with Crippen molar-refractivity contribution >= 4 is 0 Å². The molecule has 0 saturated carbocycles. The van der Waals surface area contributed by atoms with Crippen molar-refractivity contribution in [2.45, 2.75) is 39.3 Å². The largest absolute Gasteiger partial charge is 0.299 e. The maximum absolute atomic E-state index is 4.82. The molecule has 0 aromatic rings. The first-order valence-corrected chi connectivity index (χ1v) is 7.68. The lowest BCUT2D eigenvalue weighted by Crippen LogP contribution is -2.59. The molecule has 4 heteroatoms. The van der Waals surface area contributed by atoms with Gasteiger partial charge in [-0.1, -0.05) is 20.3 Å². The standard InChI is InChI=1S/C14H29N4/c1-3-5-8-17-9-6-10-18(13-17)14-12-16(4-2)11-7-15-14/h14H,3-13H2,1-2H3. The average Bonchev–Trinajstić information content (AvgIpc) is 2.45. The number of hydrogen-bond donors (Lipinski definition) is 0. The van der Waals surface area contributed by atoms with Gasteiger partial charge in [0, 0.05) is 32.7 Å². The van der Waals surface area contributed by atoms with Gasteiger partial charge in [0.25, 0.3) is 0 Å². The van der Waals surface area contributed by atoms with Gasteiger partial charge >= 0.3 is 0 Å². The zero-order valence-corrected chi connectivity index (χ0v) is 12.1. The van der Waals surface area contributed by atoms with E-state index in [9.17, 15) is 0 Å². The van der Waals surface area contributed by atoms with Gasteiger partial charge in [-0.2, -0.15) is 0 Å². The Morgan fingerprint density at radius 1 is 1.11 bits per heavy atom. The maximum Gasteiger partial charge on any atom is 0.0900 e. The fourth-order valence-corrected chi connectivity index (χ4v) is 2.95. The lowest BCUT2D eigenvalue weighted by Gasteiger charge is -2.43. The highest BCUT2D eigenvalue weighted by Gasteiger charge is 2.28. The number of piperazine rings is 1. The van der Waals surface area contributed by atoms with Crippen LogP contribution in [0.15, 0.2) is 0 Å². The molecular formula is C14H29N4.